The summed E-state index contributed by atoms with van der Waals surface area (Å²) in [4.78, 5) is 0. The maximum absolute atomic E-state index is 12.8. The number of hydrogen-bond acceptors (Lipinski definition) is 3. The molecule has 0 spiro atoms. The lowest BCUT2D eigenvalue weighted by Crippen LogP contribution is -2.21. The van der Waals surface area contributed by atoms with E-state index in [0.29, 0.717) is 18.7 Å². The summed E-state index contributed by atoms with van der Waals surface area (Å²) in [6.45, 7) is 1.06. The Morgan fingerprint density at radius 2 is 1.55 bits per heavy atom. The molecule has 2 aromatic carbocycles. The molecule has 1 atom stereocenters. The average Bonchev–Trinajstić information content (AvgIpc) is 2.48. The van der Waals surface area contributed by atoms with E-state index in [9.17, 15) is 9.50 Å². The molecule has 2 rings (SSSR count). The van der Waals surface area contributed by atoms with Gasteiger partial charge in [-0.1, -0.05) is 36.4 Å². The van der Waals surface area contributed by atoms with E-state index < -0.39 is 6.10 Å². The highest BCUT2D eigenvalue weighted by Crippen LogP contribution is 2.12. The van der Waals surface area contributed by atoms with Crippen molar-refractivity contribution in [2.75, 3.05) is 6.54 Å². The number of aliphatic hydroxyl groups is 2. The van der Waals surface area contributed by atoms with Gasteiger partial charge in [-0.25, -0.2) is 4.39 Å². The van der Waals surface area contributed by atoms with Gasteiger partial charge in [0.05, 0.1) is 12.7 Å². The van der Waals surface area contributed by atoms with E-state index in [2.05, 4.69) is 5.32 Å². The zero-order chi connectivity index (χ0) is 14.4. The van der Waals surface area contributed by atoms with Crippen molar-refractivity contribution in [1.82, 2.24) is 5.32 Å². The van der Waals surface area contributed by atoms with Gasteiger partial charge in [0.25, 0.3) is 0 Å². The van der Waals surface area contributed by atoms with Gasteiger partial charge in [0.2, 0.25) is 0 Å². The van der Waals surface area contributed by atoms with E-state index in [4.69, 9.17) is 5.11 Å². The molecule has 0 radical (unpaired) electrons. The van der Waals surface area contributed by atoms with Crippen molar-refractivity contribution in [3.63, 3.8) is 0 Å². The van der Waals surface area contributed by atoms with Gasteiger partial charge < -0.3 is 15.5 Å². The predicted molar refractivity (Wildman–Crippen MR) is 75.4 cm³/mol. The lowest BCUT2D eigenvalue weighted by molar-refractivity contribution is 0.174. The summed E-state index contributed by atoms with van der Waals surface area (Å²) >= 11 is 0. The third-order valence-electron chi connectivity index (χ3n) is 3.13. The molecule has 0 amide bonds. The van der Waals surface area contributed by atoms with E-state index in [1.807, 2.05) is 24.3 Å². The standard InChI is InChI=1S/C16H18FNO2/c17-15-7-5-14(6-8-15)16(20)10-18-9-12-1-3-13(11-19)4-2-12/h1-8,16,18-20H,9-11H2. The summed E-state index contributed by atoms with van der Waals surface area (Å²) in [6, 6.07) is 13.4. The Morgan fingerprint density at radius 1 is 0.950 bits per heavy atom. The quantitative estimate of drug-likeness (QED) is 0.757. The van der Waals surface area contributed by atoms with E-state index in [1.165, 1.54) is 12.1 Å². The molecule has 0 fully saturated rings. The summed E-state index contributed by atoms with van der Waals surface area (Å²) in [5.41, 5.74) is 2.64. The molecule has 2 aromatic rings. The highest BCUT2D eigenvalue weighted by atomic mass is 19.1. The molecular weight excluding hydrogens is 257 g/mol. The molecular formula is C16H18FNO2. The first-order valence-corrected chi connectivity index (χ1v) is 6.52. The van der Waals surface area contributed by atoms with Crippen LogP contribution in [0.25, 0.3) is 0 Å². The second-order valence-electron chi connectivity index (χ2n) is 4.67. The second kappa shape index (κ2) is 7.14. The minimum absolute atomic E-state index is 0.0387. The van der Waals surface area contributed by atoms with Gasteiger partial charge in [-0.15, -0.1) is 0 Å². The van der Waals surface area contributed by atoms with Gasteiger partial charge in [0.15, 0.2) is 0 Å². The van der Waals surface area contributed by atoms with Crippen LogP contribution in [0, 0.1) is 5.82 Å². The largest absolute Gasteiger partial charge is 0.392 e. The number of rotatable bonds is 6. The molecule has 0 heterocycles. The maximum atomic E-state index is 12.8. The van der Waals surface area contributed by atoms with Crippen molar-refractivity contribution in [2.45, 2.75) is 19.3 Å². The fourth-order valence-electron chi connectivity index (χ4n) is 1.92. The Labute approximate surface area is 117 Å². The third-order valence-corrected chi connectivity index (χ3v) is 3.13. The first-order valence-electron chi connectivity index (χ1n) is 6.52. The highest BCUT2D eigenvalue weighted by molar-refractivity contribution is 5.22. The van der Waals surface area contributed by atoms with Crippen LogP contribution in [0.2, 0.25) is 0 Å². The van der Waals surface area contributed by atoms with Crippen molar-refractivity contribution < 1.29 is 14.6 Å². The first kappa shape index (κ1) is 14.7. The zero-order valence-corrected chi connectivity index (χ0v) is 11.1. The number of benzene rings is 2. The lowest BCUT2D eigenvalue weighted by atomic mass is 10.1. The second-order valence-corrected chi connectivity index (χ2v) is 4.67. The molecule has 0 aliphatic carbocycles. The van der Waals surface area contributed by atoms with E-state index in [0.717, 1.165) is 11.1 Å². The molecule has 106 valence electrons. The normalized spacial score (nSPS) is 12.3. The van der Waals surface area contributed by atoms with Gasteiger partial charge in [0.1, 0.15) is 5.82 Å². The van der Waals surface area contributed by atoms with Crippen LogP contribution in [0.4, 0.5) is 4.39 Å². The minimum atomic E-state index is -0.660. The summed E-state index contributed by atoms with van der Waals surface area (Å²) in [5.74, 6) is -0.308. The van der Waals surface area contributed by atoms with E-state index in [-0.39, 0.29) is 12.4 Å². The van der Waals surface area contributed by atoms with Crippen LogP contribution in [0.5, 0.6) is 0 Å². The van der Waals surface area contributed by atoms with Crippen LogP contribution in [0.3, 0.4) is 0 Å². The predicted octanol–water partition coefficient (Wildman–Crippen LogP) is 2.14. The van der Waals surface area contributed by atoms with Crippen molar-refractivity contribution in [3.8, 4) is 0 Å². The molecule has 0 saturated carbocycles. The van der Waals surface area contributed by atoms with Crippen LogP contribution in [0.15, 0.2) is 48.5 Å². The fourth-order valence-corrected chi connectivity index (χ4v) is 1.92. The molecule has 20 heavy (non-hydrogen) atoms. The van der Waals surface area contributed by atoms with Crippen LogP contribution in [-0.2, 0) is 13.2 Å². The summed E-state index contributed by atoms with van der Waals surface area (Å²) in [5, 5.41) is 22.0. The summed E-state index contributed by atoms with van der Waals surface area (Å²) < 4.78 is 12.8. The summed E-state index contributed by atoms with van der Waals surface area (Å²) in [7, 11) is 0. The third kappa shape index (κ3) is 4.13. The minimum Gasteiger partial charge on any atom is -0.392 e. The Balaban J connectivity index is 1.81. The highest BCUT2D eigenvalue weighted by Gasteiger charge is 2.06. The average molecular weight is 275 g/mol. The van der Waals surface area contributed by atoms with Crippen molar-refractivity contribution in [2.24, 2.45) is 0 Å². The van der Waals surface area contributed by atoms with Crippen LogP contribution < -0.4 is 5.32 Å². The Kier molecular flexibility index (Phi) is 5.24. The molecule has 3 nitrogen and oxygen atoms in total. The van der Waals surface area contributed by atoms with Gasteiger partial charge in [-0.3, -0.25) is 0 Å². The van der Waals surface area contributed by atoms with Gasteiger partial charge >= 0.3 is 0 Å². The van der Waals surface area contributed by atoms with E-state index in [1.54, 1.807) is 12.1 Å². The van der Waals surface area contributed by atoms with Gasteiger partial charge in [-0.05, 0) is 28.8 Å². The molecule has 4 heteroatoms. The molecule has 1 unspecified atom stereocenters. The number of hydrogen-bond donors (Lipinski definition) is 3. The Morgan fingerprint density at radius 3 is 2.15 bits per heavy atom. The van der Waals surface area contributed by atoms with Crippen molar-refractivity contribution >= 4 is 0 Å². The van der Waals surface area contributed by atoms with Crippen molar-refractivity contribution in [1.29, 1.82) is 0 Å². The van der Waals surface area contributed by atoms with Crippen LogP contribution >= 0.6 is 0 Å². The van der Waals surface area contributed by atoms with Gasteiger partial charge in [-0.2, -0.15) is 0 Å². The molecule has 0 bridgehead atoms. The smallest absolute Gasteiger partial charge is 0.123 e. The maximum Gasteiger partial charge on any atom is 0.123 e. The SMILES string of the molecule is OCc1ccc(CNCC(O)c2ccc(F)cc2)cc1. The monoisotopic (exact) mass is 275 g/mol. The zero-order valence-electron chi connectivity index (χ0n) is 11.1. The van der Waals surface area contributed by atoms with Crippen molar-refractivity contribution in [3.05, 3.63) is 71.0 Å². The Hall–Kier alpha value is -1.75. The van der Waals surface area contributed by atoms with Crippen LogP contribution in [0.1, 0.15) is 22.8 Å². The molecule has 0 aromatic heterocycles. The molecule has 0 aliphatic heterocycles. The topological polar surface area (TPSA) is 52.5 Å². The summed E-state index contributed by atoms with van der Waals surface area (Å²) in [6.07, 6.45) is -0.660. The molecule has 0 aliphatic rings. The molecule has 0 saturated heterocycles. The number of nitrogens with one attached hydrogen (secondary N) is 1. The number of aliphatic hydroxyl groups excluding tert-OH is 2. The van der Waals surface area contributed by atoms with Crippen LogP contribution in [-0.4, -0.2) is 16.8 Å². The Bertz CT molecular complexity index is 525. The van der Waals surface area contributed by atoms with E-state index >= 15 is 0 Å². The fraction of sp³-hybridized carbons (Fsp3) is 0.250. The van der Waals surface area contributed by atoms with Gasteiger partial charge in [0, 0.05) is 13.1 Å². The molecule has 3 N–H and O–H groups in total. The number of halogens is 1. The first-order chi connectivity index (χ1) is 9.69. The lowest BCUT2D eigenvalue weighted by Gasteiger charge is -2.12.